The van der Waals surface area contributed by atoms with Gasteiger partial charge in [-0.3, -0.25) is 9.78 Å². The number of fused-ring (bicyclic) bond motifs is 1. The van der Waals surface area contributed by atoms with Crippen molar-refractivity contribution in [3.05, 3.63) is 95.9 Å². The molecule has 0 saturated carbocycles. The summed E-state index contributed by atoms with van der Waals surface area (Å²) in [6.45, 7) is 0.541. The van der Waals surface area contributed by atoms with Crippen LogP contribution in [0.5, 0.6) is 0 Å². The Morgan fingerprint density at radius 2 is 1.59 bits per heavy atom. The average molecular weight is 558 g/mol. The third-order valence-electron chi connectivity index (χ3n) is 6.79. The van der Waals surface area contributed by atoms with Crippen molar-refractivity contribution in [1.82, 2.24) is 9.88 Å². The topological polar surface area (TPSA) is 79.4 Å². The van der Waals surface area contributed by atoms with E-state index in [1.165, 1.54) is 24.4 Å². The zero-order valence-electron chi connectivity index (χ0n) is 20.5. The Morgan fingerprint density at radius 1 is 0.923 bits per heavy atom. The molecule has 0 aliphatic carbocycles. The van der Waals surface area contributed by atoms with Crippen LogP contribution in [0.15, 0.2) is 83.9 Å². The number of benzene rings is 3. The molecule has 1 aliphatic rings. The molecule has 39 heavy (non-hydrogen) atoms. The second-order valence-corrected chi connectivity index (χ2v) is 11.5. The molecule has 1 aromatic heterocycles. The number of pyridine rings is 1. The van der Waals surface area contributed by atoms with Gasteiger partial charge in [0.05, 0.1) is 21.2 Å². The van der Waals surface area contributed by atoms with Gasteiger partial charge < -0.3 is 10.2 Å². The highest BCUT2D eigenvalue weighted by Crippen LogP contribution is 2.33. The van der Waals surface area contributed by atoms with Crippen LogP contribution in [0.3, 0.4) is 0 Å². The number of anilines is 2. The highest BCUT2D eigenvalue weighted by molar-refractivity contribution is 7.92. The van der Waals surface area contributed by atoms with Gasteiger partial charge in [0.1, 0.15) is 5.82 Å². The van der Waals surface area contributed by atoms with Crippen LogP contribution in [0, 0.1) is 5.82 Å². The summed E-state index contributed by atoms with van der Waals surface area (Å²) >= 11 is 0. The summed E-state index contributed by atoms with van der Waals surface area (Å²) in [7, 11) is -3.63. The number of sulfone groups is 1. The van der Waals surface area contributed by atoms with Crippen LogP contribution in [-0.2, 0) is 16.0 Å². The molecule has 0 radical (unpaired) electrons. The predicted octanol–water partition coefficient (Wildman–Crippen LogP) is 6.21. The first-order valence-electron chi connectivity index (χ1n) is 12.1. The summed E-state index contributed by atoms with van der Waals surface area (Å²) in [4.78, 5) is 18.8. The molecule has 5 rings (SSSR count). The van der Waals surface area contributed by atoms with Crippen LogP contribution in [0.25, 0.3) is 10.9 Å². The van der Waals surface area contributed by atoms with E-state index in [1.54, 1.807) is 35.2 Å². The van der Waals surface area contributed by atoms with E-state index in [9.17, 15) is 30.8 Å². The van der Waals surface area contributed by atoms with Crippen LogP contribution in [0.2, 0.25) is 0 Å². The molecule has 1 fully saturated rings. The van der Waals surface area contributed by atoms with Crippen LogP contribution >= 0.6 is 0 Å². The van der Waals surface area contributed by atoms with Gasteiger partial charge in [0.2, 0.25) is 0 Å². The van der Waals surface area contributed by atoms with Crippen LogP contribution in [0.1, 0.15) is 28.8 Å². The Hall–Kier alpha value is -3.99. The quantitative estimate of drug-likeness (QED) is 0.233. The summed E-state index contributed by atoms with van der Waals surface area (Å²) in [6.07, 6.45) is -2.50. The van der Waals surface area contributed by atoms with Gasteiger partial charge in [-0.15, -0.1) is 0 Å². The molecule has 1 amide bonds. The van der Waals surface area contributed by atoms with E-state index in [-0.39, 0.29) is 42.3 Å². The number of hydrogen-bond acceptors (Lipinski definition) is 5. The van der Waals surface area contributed by atoms with Gasteiger partial charge in [-0.25, -0.2) is 12.8 Å². The third-order valence-corrected chi connectivity index (χ3v) is 9.07. The highest BCUT2D eigenvalue weighted by atomic mass is 32.2. The first-order chi connectivity index (χ1) is 18.5. The minimum atomic E-state index is -4.46. The summed E-state index contributed by atoms with van der Waals surface area (Å²) in [5, 5.41) is 3.02. The molecule has 1 aliphatic heterocycles. The molecule has 1 saturated heterocycles. The Kier molecular flexibility index (Phi) is 7.02. The number of aromatic nitrogens is 1. The minimum absolute atomic E-state index is 0.0690. The fourth-order valence-electron chi connectivity index (χ4n) is 4.65. The van der Waals surface area contributed by atoms with Gasteiger partial charge >= 0.3 is 6.18 Å². The molecule has 11 heteroatoms. The molecule has 0 bridgehead atoms. The lowest BCUT2D eigenvalue weighted by Gasteiger charge is -2.32. The number of alkyl halides is 3. The molecule has 6 nitrogen and oxygen atoms in total. The largest absolute Gasteiger partial charge is 0.416 e. The van der Waals surface area contributed by atoms with E-state index in [4.69, 9.17) is 0 Å². The molecule has 0 spiro atoms. The van der Waals surface area contributed by atoms with Crippen LogP contribution < -0.4 is 5.32 Å². The monoisotopic (exact) mass is 557 g/mol. The van der Waals surface area contributed by atoms with E-state index in [1.807, 2.05) is 0 Å². The van der Waals surface area contributed by atoms with Crippen molar-refractivity contribution < 1.29 is 30.8 Å². The molecule has 0 unspecified atom stereocenters. The number of carbonyl (C=O) groups is 1. The Morgan fingerprint density at radius 3 is 2.23 bits per heavy atom. The normalized spacial score (nSPS) is 14.9. The molecule has 4 aromatic rings. The van der Waals surface area contributed by atoms with Gasteiger partial charge in [0.15, 0.2) is 9.84 Å². The van der Waals surface area contributed by atoms with E-state index >= 15 is 0 Å². The van der Waals surface area contributed by atoms with Gasteiger partial charge in [-0.1, -0.05) is 6.07 Å². The van der Waals surface area contributed by atoms with Crippen molar-refractivity contribution >= 4 is 38.0 Å². The maximum absolute atomic E-state index is 13.2. The Balaban J connectivity index is 1.24. The van der Waals surface area contributed by atoms with Gasteiger partial charge in [0.25, 0.3) is 5.91 Å². The van der Waals surface area contributed by atoms with E-state index in [0.29, 0.717) is 22.3 Å². The SMILES string of the molecule is O=C(c1ccc(Nc2ccnc3cc(C(F)(F)F)ccc23)cc1)N1CCC(S(=O)(=O)c2ccc(F)cc2)CC1. The Labute approximate surface area is 222 Å². The lowest BCUT2D eigenvalue weighted by atomic mass is 10.1. The molecule has 202 valence electrons. The maximum Gasteiger partial charge on any atom is 0.416 e. The lowest BCUT2D eigenvalue weighted by molar-refractivity contribution is -0.137. The number of hydrogen-bond donors (Lipinski definition) is 1. The number of amides is 1. The van der Waals surface area contributed by atoms with Crippen molar-refractivity contribution in [1.29, 1.82) is 0 Å². The standard InChI is InChI=1S/C28H23F4N3O3S/c29-20-4-8-22(9-5-20)39(37,38)23-12-15-35(16-13-23)27(36)18-1-6-21(7-2-18)34-25-11-14-33-26-17-19(28(30,31)32)3-10-24(25)26/h1-11,14,17,23H,12-13,15-16H2,(H,33,34). The Bertz CT molecular complexity index is 1620. The van der Waals surface area contributed by atoms with E-state index < -0.39 is 32.6 Å². The number of halogens is 4. The number of likely N-dealkylation sites (tertiary alicyclic amines) is 1. The zero-order chi connectivity index (χ0) is 27.8. The van der Waals surface area contributed by atoms with Crippen molar-refractivity contribution in [3.8, 4) is 0 Å². The number of nitrogens with zero attached hydrogens (tertiary/aromatic N) is 2. The third kappa shape index (κ3) is 5.58. The minimum Gasteiger partial charge on any atom is -0.355 e. The van der Waals surface area contributed by atoms with Crippen molar-refractivity contribution in [2.75, 3.05) is 18.4 Å². The molecule has 0 atom stereocenters. The fourth-order valence-corrected chi connectivity index (χ4v) is 6.39. The van der Waals surface area contributed by atoms with Crippen molar-refractivity contribution in [2.45, 2.75) is 29.2 Å². The van der Waals surface area contributed by atoms with Crippen LogP contribution in [-0.4, -0.2) is 42.5 Å². The summed E-state index contributed by atoms with van der Waals surface area (Å²) < 4.78 is 78.1. The summed E-state index contributed by atoms with van der Waals surface area (Å²) in [5.74, 6) is -0.738. The lowest BCUT2D eigenvalue weighted by Crippen LogP contribution is -2.42. The maximum atomic E-state index is 13.2. The zero-order valence-corrected chi connectivity index (χ0v) is 21.3. The average Bonchev–Trinajstić information content (AvgIpc) is 2.93. The predicted molar refractivity (Wildman–Crippen MR) is 139 cm³/mol. The summed E-state index contributed by atoms with van der Waals surface area (Å²) in [5.41, 5.74) is 1.04. The molecule has 3 aromatic carbocycles. The second-order valence-electron chi connectivity index (χ2n) is 9.28. The van der Waals surface area contributed by atoms with E-state index in [0.717, 1.165) is 24.3 Å². The first-order valence-corrected chi connectivity index (χ1v) is 13.7. The first kappa shape index (κ1) is 26.6. The highest BCUT2D eigenvalue weighted by Gasteiger charge is 2.33. The van der Waals surface area contributed by atoms with Crippen LogP contribution in [0.4, 0.5) is 28.9 Å². The van der Waals surface area contributed by atoms with Gasteiger partial charge in [0, 0.05) is 41.6 Å². The van der Waals surface area contributed by atoms with Crippen molar-refractivity contribution in [3.63, 3.8) is 0 Å². The number of piperidine rings is 1. The molecule has 1 N–H and O–H groups in total. The summed E-state index contributed by atoms with van der Waals surface area (Å²) in [6, 6.07) is 16.4. The smallest absolute Gasteiger partial charge is 0.355 e. The number of nitrogens with one attached hydrogen (secondary N) is 1. The van der Waals surface area contributed by atoms with Crippen molar-refractivity contribution in [2.24, 2.45) is 0 Å². The number of rotatable bonds is 5. The number of carbonyl (C=O) groups excluding carboxylic acids is 1. The second kappa shape index (κ2) is 10.3. The fraction of sp³-hybridized carbons (Fsp3) is 0.214. The van der Waals surface area contributed by atoms with E-state index in [2.05, 4.69) is 10.3 Å². The molecule has 2 heterocycles. The van der Waals surface area contributed by atoms with Gasteiger partial charge in [-0.2, -0.15) is 13.2 Å². The molecular formula is C28H23F4N3O3S. The molecular weight excluding hydrogens is 534 g/mol. The van der Waals surface area contributed by atoms with Gasteiger partial charge in [-0.05, 0) is 79.6 Å².